The van der Waals surface area contributed by atoms with Crippen molar-refractivity contribution in [3.8, 4) is 0 Å². The summed E-state index contributed by atoms with van der Waals surface area (Å²) < 4.78 is 25.0. The minimum absolute atomic E-state index is 0.392. The molecule has 1 aliphatic heterocycles. The van der Waals surface area contributed by atoms with Crippen molar-refractivity contribution < 1.29 is 48.0 Å². The Balaban J connectivity index is 3.03. The maximum absolute atomic E-state index is 11.3. The van der Waals surface area contributed by atoms with Gasteiger partial charge in [-0.1, -0.05) is 0 Å². The second-order valence-electron chi connectivity index (χ2n) is 5.09. The van der Waals surface area contributed by atoms with Crippen LogP contribution in [0.1, 0.15) is 27.7 Å². The monoisotopic (exact) mass is 348 g/mol. The lowest BCUT2D eigenvalue weighted by Crippen LogP contribution is -2.46. The fourth-order valence-electron chi connectivity index (χ4n) is 2.22. The standard InChI is InChI=1S/C14H20O10/c1-6(15)20-5-10(21-7(2)16)11-12(22-8(3)17)13(14(19)24-11)23-9(4)18/h10-14,19H,5H2,1-4H3/t10-,11+,12-,13-,14+/m0/s1. The molecular formula is C14H20O10. The third-order valence-corrected chi connectivity index (χ3v) is 2.96. The van der Waals surface area contributed by atoms with Crippen molar-refractivity contribution in [2.45, 2.75) is 58.4 Å². The van der Waals surface area contributed by atoms with Gasteiger partial charge in [0.05, 0.1) is 0 Å². The Hall–Kier alpha value is -2.20. The van der Waals surface area contributed by atoms with E-state index in [1.807, 2.05) is 0 Å². The second kappa shape index (κ2) is 8.60. The summed E-state index contributed by atoms with van der Waals surface area (Å²) in [5.41, 5.74) is 0. The van der Waals surface area contributed by atoms with Crippen LogP contribution >= 0.6 is 0 Å². The molecule has 1 N–H and O–H groups in total. The van der Waals surface area contributed by atoms with Crippen LogP contribution in [0, 0.1) is 0 Å². The Morgan fingerprint density at radius 1 is 0.917 bits per heavy atom. The van der Waals surface area contributed by atoms with Gasteiger partial charge in [0.15, 0.2) is 24.6 Å². The molecule has 0 radical (unpaired) electrons. The molecular weight excluding hydrogens is 328 g/mol. The van der Waals surface area contributed by atoms with Gasteiger partial charge in [0.2, 0.25) is 0 Å². The van der Waals surface area contributed by atoms with Crippen LogP contribution in [0.4, 0.5) is 0 Å². The molecule has 1 fully saturated rings. The van der Waals surface area contributed by atoms with Gasteiger partial charge < -0.3 is 28.8 Å². The van der Waals surface area contributed by atoms with E-state index in [1.165, 1.54) is 0 Å². The van der Waals surface area contributed by atoms with Crippen LogP contribution < -0.4 is 0 Å². The van der Waals surface area contributed by atoms with Crippen molar-refractivity contribution in [1.29, 1.82) is 0 Å². The van der Waals surface area contributed by atoms with E-state index in [2.05, 4.69) is 0 Å². The van der Waals surface area contributed by atoms with Gasteiger partial charge in [0, 0.05) is 27.7 Å². The Kier molecular flexibility index (Phi) is 7.11. The third kappa shape index (κ3) is 5.78. The highest BCUT2D eigenvalue weighted by molar-refractivity contribution is 5.68. The first-order chi connectivity index (χ1) is 11.1. The number of carbonyl (C=O) groups excluding carboxylic acids is 4. The van der Waals surface area contributed by atoms with E-state index in [4.69, 9.17) is 23.7 Å². The van der Waals surface area contributed by atoms with E-state index in [0.717, 1.165) is 27.7 Å². The average molecular weight is 348 g/mol. The summed E-state index contributed by atoms with van der Waals surface area (Å²) in [6.45, 7) is 4.10. The number of hydrogen-bond donors (Lipinski definition) is 1. The highest BCUT2D eigenvalue weighted by Crippen LogP contribution is 2.29. The van der Waals surface area contributed by atoms with Gasteiger partial charge in [-0.3, -0.25) is 19.2 Å². The maximum atomic E-state index is 11.3. The number of aliphatic hydroxyl groups excluding tert-OH is 1. The third-order valence-electron chi connectivity index (χ3n) is 2.96. The van der Waals surface area contributed by atoms with Crippen LogP contribution in [-0.2, 0) is 42.9 Å². The van der Waals surface area contributed by atoms with Crippen molar-refractivity contribution in [2.75, 3.05) is 6.61 Å². The molecule has 10 nitrogen and oxygen atoms in total. The summed E-state index contributed by atoms with van der Waals surface area (Å²) in [5, 5.41) is 9.91. The number of hydrogen-bond acceptors (Lipinski definition) is 10. The SMILES string of the molecule is CC(=O)OC[C@H](OC(C)=O)[C@H]1O[C@@H](O)[C@@H](OC(C)=O)[C@H]1OC(C)=O. The Morgan fingerprint density at radius 2 is 1.46 bits per heavy atom. The van der Waals surface area contributed by atoms with E-state index in [9.17, 15) is 24.3 Å². The quantitative estimate of drug-likeness (QED) is 0.473. The highest BCUT2D eigenvalue weighted by atomic mass is 16.7. The van der Waals surface area contributed by atoms with Gasteiger partial charge in [-0.25, -0.2) is 0 Å². The molecule has 0 bridgehead atoms. The molecule has 0 aromatic heterocycles. The maximum Gasteiger partial charge on any atom is 0.303 e. The zero-order valence-corrected chi connectivity index (χ0v) is 13.7. The number of ether oxygens (including phenoxy) is 5. The lowest BCUT2D eigenvalue weighted by Gasteiger charge is -2.27. The molecule has 1 rings (SSSR count). The van der Waals surface area contributed by atoms with Crippen LogP contribution in [0.5, 0.6) is 0 Å². The summed E-state index contributed by atoms with van der Waals surface area (Å²) in [4.78, 5) is 44.7. The molecule has 24 heavy (non-hydrogen) atoms. The van der Waals surface area contributed by atoms with Crippen LogP contribution in [0.15, 0.2) is 0 Å². The highest BCUT2D eigenvalue weighted by Gasteiger charge is 2.52. The Morgan fingerprint density at radius 3 is 1.92 bits per heavy atom. The molecule has 0 amide bonds. The molecule has 136 valence electrons. The van der Waals surface area contributed by atoms with E-state index in [0.29, 0.717) is 0 Å². The molecule has 0 unspecified atom stereocenters. The molecule has 5 atom stereocenters. The number of carbonyl (C=O) groups is 4. The molecule has 10 heteroatoms. The average Bonchev–Trinajstić information content (AvgIpc) is 2.70. The van der Waals surface area contributed by atoms with Crippen LogP contribution in [0.2, 0.25) is 0 Å². The summed E-state index contributed by atoms with van der Waals surface area (Å²) in [5.74, 6) is -2.80. The predicted octanol–water partition coefficient (Wildman–Crippen LogP) is -0.938. The van der Waals surface area contributed by atoms with Crippen molar-refractivity contribution in [2.24, 2.45) is 0 Å². The van der Waals surface area contributed by atoms with Gasteiger partial charge in [-0.2, -0.15) is 0 Å². The molecule has 0 aromatic carbocycles. The van der Waals surface area contributed by atoms with Crippen molar-refractivity contribution in [3.05, 3.63) is 0 Å². The van der Waals surface area contributed by atoms with Gasteiger partial charge in [-0.05, 0) is 0 Å². The van der Waals surface area contributed by atoms with Crippen molar-refractivity contribution in [1.82, 2.24) is 0 Å². The predicted molar refractivity (Wildman–Crippen MR) is 74.2 cm³/mol. The number of esters is 4. The molecule has 1 aliphatic rings. The molecule has 0 aliphatic carbocycles. The van der Waals surface area contributed by atoms with Crippen molar-refractivity contribution >= 4 is 23.9 Å². The Labute approximate surface area is 137 Å². The Bertz CT molecular complexity index is 502. The minimum Gasteiger partial charge on any atom is -0.462 e. The van der Waals surface area contributed by atoms with Crippen LogP contribution in [0.25, 0.3) is 0 Å². The van der Waals surface area contributed by atoms with Gasteiger partial charge in [0.1, 0.15) is 12.7 Å². The van der Waals surface area contributed by atoms with Gasteiger partial charge in [0.25, 0.3) is 0 Å². The molecule has 1 heterocycles. The summed E-state index contributed by atoms with van der Waals surface area (Å²) in [7, 11) is 0. The van der Waals surface area contributed by atoms with Gasteiger partial charge in [-0.15, -0.1) is 0 Å². The largest absolute Gasteiger partial charge is 0.462 e. The van der Waals surface area contributed by atoms with Crippen LogP contribution in [-0.4, -0.2) is 66.3 Å². The van der Waals surface area contributed by atoms with E-state index < -0.39 is 61.2 Å². The van der Waals surface area contributed by atoms with E-state index in [-0.39, 0.29) is 0 Å². The fraction of sp³-hybridized carbons (Fsp3) is 0.714. The molecule has 0 aromatic rings. The number of rotatable bonds is 6. The minimum atomic E-state index is -1.61. The summed E-state index contributed by atoms with van der Waals surface area (Å²) in [6.07, 6.45) is -6.55. The van der Waals surface area contributed by atoms with Crippen molar-refractivity contribution in [3.63, 3.8) is 0 Å². The first-order valence-electron chi connectivity index (χ1n) is 7.10. The molecule has 0 saturated carbocycles. The second-order valence-corrected chi connectivity index (χ2v) is 5.09. The zero-order chi connectivity index (χ0) is 18.4. The lowest BCUT2D eigenvalue weighted by atomic mass is 10.1. The summed E-state index contributed by atoms with van der Waals surface area (Å²) >= 11 is 0. The van der Waals surface area contributed by atoms with Gasteiger partial charge >= 0.3 is 23.9 Å². The zero-order valence-electron chi connectivity index (χ0n) is 13.7. The molecule has 0 spiro atoms. The smallest absolute Gasteiger partial charge is 0.303 e. The first-order valence-corrected chi connectivity index (χ1v) is 7.10. The fourth-order valence-corrected chi connectivity index (χ4v) is 2.22. The van der Waals surface area contributed by atoms with Crippen LogP contribution in [0.3, 0.4) is 0 Å². The molecule has 1 saturated heterocycles. The number of aliphatic hydroxyl groups is 1. The topological polar surface area (TPSA) is 135 Å². The normalized spacial score (nSPS) is 27.0. The first kappa shape index (κ1) is 19.8. The lowest BCUT2D eigenvalue weighted by molar-refractivity contribution is -0.184. The summed E-state index contributed by atoms with van der Waals surface area (Å²) in [6, 6.07) is 0. The van der Waals surface area contributed by atoms with E-state index >= 15 is 0 Å². The van der Waals surface area contributed by atoms with E-state index in [1.54, 1.807) is 0 Å².